The molecule has 42 heavy (non-hydrogen) atoms. The number of ether oxygens (including phenoxy) is 1. The van der Waals surface area contributed by atoms with E-state index in [9.17, 15) is 4.79 Å². The van der Waals surface area contributed by atoms with Crippen molar-refractivity contribution in [3.05, 3.63) is 123 Å². The van der Waals surface area contributed by atoms with Crippen LogP contribution in [0, 0.1) is 20.8 Å². The van der Waals surface area contributed by atoms with Gasteiger partial charge >= 0.3 is 5.97 Å². The number of rotatable bonds is 7. The number of nitrogens with one attached hydrogen (secondary N) is 1. The van der Waals surface area contributed by atoms with Crippen LogP contribution >= 0.6 is 12.2 Å². The molecule has 5 rings (SSSR count). The Hall–Kier alpha value is -4.20. The second kappa shape index (κ2) is 12.8. The maximum atomic E-state index is 13.3. The molecule has 3 N–H and O–H groups in total. The van der Waals surface area contributed by atoms with Gasteiger partial charge in [0, 0.05) is 68.5 Å². The quantitative estimate of drug-likeness (QED) is 0.186. The Labute approximate surface area is 255 Å². The first-order valence-electron chi connectivity index (χ1n) is 13.9. The largest absolute Gasteiger partial charge is 0.441 e. The Kier molecular flexibility index (Phi) is 9.34. The Morgan fingerprint density at radius 2 is 1.31 bits per heavy atom. The van der Waals surface area contributed by atoms with E-state index in [1.54, 1.807) is 0 Å². The van der Waals surface area contributed by atoms with Crippen LogP contribution in [-0.2, 0) is 16.9 Å². The summed E-state index contributed by atoms with van der Waals surface area (Å²) in [5, 5.41) is 3.00. The van der Waals surface area contributed by atoms with Crippen LogP contribution in [-0.4, -0.2) is 39.7 Å². The Balaban J connectivity index is 0.000000385. The van der Waals surface area contributed by atoms with Gasteiger partial charge in [-0.05, 0) is 73.9 Å². The van der Waals surface area contributed by atoms with Gasteiger partial charge in [0.15, 0.2) is 5.60 Å². The fourth-order valence-electron chi connectivity index (χ4n) is 5.34. The molecule has 0 unspecified atom stereocenters. The maximum Gasteiger partial charge on any atom is 0.340 e. The summed E-state index contributed by atoms with van der Waals surface area (Å²) in [6.07, 6.45) is 0. The number of carbonyl (C=O) groups is 1. The predicted molar refractivity (Wildman–Crippen MR) is 179 cm³/mol. The van der Waals surface area contributed by atoms with Crippen molar-refractivity contribution in [2.24, 2.45) is 5.73 Å². The highest BCUT2D eigenvalue weighted by atomic mass is 32.1. The molecule has 4 aromatic rings. The lowest BCUT2D eigenvalue weighted by atomic mass is 9.76. The number of benzene rings is 4. The number of cyclic esters (lactones) is 1. The van der Waals surface area contributed by atoms with Gasteiger partial charge in [0.2, 0.25) is 0 Å². The van der Waals surface area contributed by atoms with E-state index in [4.69, 9.17) is 22.7 Å². The molecule has 0 atom stereocenters. The zero-order valence-electron chi connectivity index (χ0n) is 25.5. The minimum atomic E-state index is -1.04. The number of carbonyl (C=O) groups excluding carboxylic acids is 1. The van der Waals surface area contributed by atoms with E-state index in [1.165, 1.54) is 16.6 Å². The summed E-state index contributed by atoms with van der Waals surface area (Å²) in [6.45, 7) is 6.85. The van der Waals surface area contributed by atoms with E-state index in [-0.39, 0.29) is 5.97 Å². The second-order valence-electron chi connectivity index (χ2n) is 11.1. The van der Waals surface area contributed by atoms with Gasteiger partial charge in [-0.1, -0.05) is 60.2 Å². The molecule has 0 spiro atoms. The van der Waals surface area contributed by atoms with Crippen LogP contribution in [0.1, 0.15) is 49.3 Å². The summed E-state index contributed by atoms with van der Waals surface area (Å²) >= 11 is 4.93. The Morgan fingerprint density at radius 1 is 0.786 bits per heavy atom. The fourth-order valence-corrected chi connectivity index (χ4v) is 5.47. The number of hydrogen-bond donors (Lipinski definition) is 2. The first-order valence-corrected chi connectivity index (χ1v) is 14.4. The van der Waals surface area contributed by atoms with Crippen molar-refractivity contribution in [1.29, 1.82) is 0 Å². The molecular weight excluding hydrogens is 540 g/mol. The van der Waals surface area contributed by atoms with Crippen molar-refractivity contribution in [3.63, 3.8) is 0 Å². The van der Waals surface area contributed by atoms with Gasteiger partial charge in [-0.25, -0.2) is 4.79 Å². The lowest BCUT2D eigenvalue weighted by molar-refractivity contribution is 0.0248. The Morgan fingerprint density at radius 3 is 1.76 bits per heavy atom. The first-order chi connectivity index (χ1) is 20.0. The first kappa shape index (κ1) is 30.8. The number of hydrogen-bond acceptors (Lipinski definition) is 6. The molecule has 0 amide bonds. The molecule has 7 heteroatoms. The van der Waals surface area contributed by atoms with Crippen LogP contribution in [0.15, 0.2) is 78.9 Å². The minimum Gasteiger partial charge on any atom is -0.441 e. The van der Waals surface area contributed by atoms with E-state index in [2.05, 4.69) is 96.6 Å². The predicted octanol–water partition coefficient (Wildman–Crippen LogP) is 6.72. The lowest BCUT2D eigenvalue weighted by Gasteiger charge is -2.34. The Bertz CT molecular complexity index is 1540. The molecule has 0 fully saturated rings. The van der Waals surface area contributed by atoms with Crippen molar-refractivity contribution in [2.45, 2.75) is 32.9 Å². The van der Waals surface area contributed by atoms with Crippen LogP contribution in [0.3, 0.4) is 0 Å². The highest BCUT2D eigenvalue weighted by Crippen LogP contribution is 2.50. The number of aryl methyl sites for hydroxylation is 3. The van der Waals surface area contributed by atoms with Crippen LogP contribution in [0.4, 0.5) is 17.1 Å². The average Bonchev–Trinajstić information content (AvgIpc) is 3.25. The summed E-state index contributed by atoms with van der Waals surface area (Å²) in [5.74, 6) is -0.342. The van der Waals surface area contributed by atoms with E-state index in [1.807, 2.05) is 46.4 Å². The van der Waals surface area contributed by atoms with Crippen LogP contribution in [0.25, 0.3) is 0 Å². The highest BCUT2D eigenvalue weighted by Gasteiger charge is 2.50. The second-order valence-corrected chi connectivity index (χ2v) is 11.3. The molecule has 0 radical (unpaired) electrons. The standard InChI is InChI=1S/C27H29N3O2S.C8H11N/c1-17-13-20(29(3)4)8-11-23(17)27(24-12-9-21(30(5)6)14-18(24)2)25-10-7-19(28-16-33)15-22(25)26(31)32-27;1-7-2-4-8(6-9)5-3-7/h7-16H,1-6H3,(H,28,33);2-5H,6,9H2,1H3. The number of fused-ring (bicyclic) bond motifs is 1. The molecule has 0 saturated heterocycles. The molecular formula is C35H40N4O2S. The van der Waals surface area contributed by atoms with Crippen molar-refractivity contribution in [1.82, 2.24) is 0 Å². The topological polar surface area (TPSA) is 70.8 Å². The molecule has 4 aromatic carbocycles. The van der Waals surface area contributed by atoms with Crippen molar-refractivity contribution in [2.75, 3.05) is 43.3 Å². The smallest absolute Gasteiger partial charge is 0.340 e. The third kappa shape index (κ3) is 6.03. The zero-order valence-corrected chi connectivity index (χ0v) is 26.3. The van der Waals surface area contributed by atoms with E-state index >= 15 is 0 Å². The van der Waals surface area contributed by atoms with E-state index in [0.29, 0.717) is 12.1 Å². The number of nitrogens with two attached hydrogens (primary N) is 1. The van der Waals surface area contributed by atoms with Crippen LogP contribution in [0.5, 0.6) is 0 Å². The molecule has 0 saturated carbocycles. The van der Waals surface area contributed by atoms with E-state index in [0.717, 1.165) is 44.9 Å². The van der Waals surface area contributed by atoms with Gasteiger partial charge in [0.05, 0.1) is 11.1 Å². The van der Waals surface area contributed by atoms with Crippen LogP contribution < -0.4 is 20.9 Å². The maximum absolute atomic E-state index is 13.3. The molecule has 0 aromatic heterocycles. The number of esters is 1. The molecule has 0 aliphatic carbocycles. The summed E-state index contributed by atoms with van der Waals surface area (Å²) in [7, 11) is 8.07. The summed E-state index contributed by atoms with van der Waals surface area (Å²) in [6, 6.07) is 26.5. The minimum absolute atomic E-state index is 0.342. The van der Waals surface area contributed by atoms with Crippen molar-refractivity contribution >= 4 is 40.7 Å². The third-order valence-electron chi connectivity index (χ3n) is 7.66. The average molecular weight is 581 g/mol. The zero-order chi connectivity index (χ0) is 30.6. The fraction of sp³-hybridized carbons (Fsp3) is 0.257. The van der Waals surface area contributed by atoms with Gasteiger partial charge in [0.25, 0.3) is 0 Å². The molecule has 6 nitrogen and oxygen atoms in total. The number of thiocarbonyl (C=S) groups is 1. The SMILES string of the molecule is Cc1cc(N(C)C)ccc1C1(c2ccc(N(C)C)cc2C)OC(=O)c2cc(NC=S)ccc21.Cc1ccc(CN)cc1. The normalized spacial score (nSPS) is 12.9. The third-order valence-corrected chi connectivity index (χ3v) is 7.78. The monoisotopic (exact) mass is 580 g/mol. The number of anilines is 3. The van der Waals surface area contributed by atoms with Gasteiger partial charge in [-0.2, -0.15) is 0 Å². The van der Waals surface area contributed by atoms with Gasteiger partial charge in [0.1, 0.15) is 0 Å². The van der Waals surface area contributed by atoms with Gasteiger partial charge in [-0.15, -0.1) is 0 Å². The summed E-state index contributed by atoms with van der Waals surface area (Å²) in [5.41, 5.74) is 16.6. The highest BCUT2D eigenvalue weighted by molar-refractivity contribution is 7.79. The van der Waals surface area contributed by atoms with Gasteiger partial charge < -0.3 is 25.6 Å². The molecule has 1 aliphatic heterocycles. The lowest BCUT2D eigenvalue weighted by Crippen LogP contribution is -2.31. The summed E-state index contributed by atoms with van der Waals surface area (Å²) in [4.78, 5) is 17.4. The van der Waals surface area contributed by atoms with Crippen LogP contribution in [0.2, 0.25) is 0 Å². The molecule has 218 valence electrons. The van der Waals surface area contributed by atoms with Crippen molar-refractivity contribution in [3.8, 4) is 0 Å². The van der Waals surface area contributed by atoms with Gasteiger partial charge in [-0.3, -0.25) is 0 Å². The molecule has 1 aliphatic rings. The van der Waals surface area contributed by atoms with Crippen molar-refractivity contribution < 1.29 is 9.53 Å². The number of nitrogens with zero attached hydrogens (tertiary/aromatic N) is 2. The van der Waals surface area contributed by atoms with E-state index < -0.39 is 5.60 Å². The molecule has 1 heterocycles. The summed E-state index contributed by atoms with van der Waals surface area (Å²) < 4.78 is 6.36. The molecule has 0 bridgehead atoms.